The van der Waals surface area contributed by atoms with Crippen LogP contribution < -0.4 is 0 Å². The third-order valence-electron chi connectivity index (χ3n) is 7.61. The van der Waals surface area contributed by atoms with E-state index in [4.69, 9.17) is 0 Å². The van der Waals surface area contributed by atoms with Gasteiger partial charge in [0.25, 0.3) is 0 Å². The molecule has 0 spiro atoms. The van der Waals surface area contributed by atoms with Crippen LogP contribution in [0.25, 0.3) is 0 Å². The van der Waals surface area contributed by atoms with Crippen molar-refractivity contribution in [2.45, 2.75) is 89.5 Å². The van der Waals surface area contributed by atoms with Gasteiger partial charge in [-0.15, -0.1) is 0 Å². The zero-order valence-corrected chi connectivity index (χ0v) is 16.6. The molecule has 5 aliphatic rings. The van der Waals surface area contributed by atoms with Crippen LogP contribution in [0.5, 0.6) is 0 Å². The van der Waals surface area contributed by atoms with Gasteiger partial charge >= 0.3 is 0 Å². The number of halogens is 1. The van der Waals surface area contributed by atoms with Gasteiger partial charge < -0.3 is 4.90 Å². The van der Waals surface area contributed by atoms with E-state index >= 15 is 4.39 Å². The lowest BCUT2D eigenvalue weighted by Gasteiger charge is -2.58. The van der Waals surface area contributed by atoms with E-state index in [1.165, 1.54) is 51.7 Å². The van der Waals surface area contributed by atoms with Crippen LogP contribution >= 0.6 is 0 Å². The number of fused-ring (bicyclic) bond motifs is 2. The van der Waals surface area contributed by atoms with Gasteiger partial charge in [-0.3, -0.25) is 9.80 Å². The molecule has 4 aliphatic heterocycles. The Bertz CT molecular complexity index is 456. The lowest BCUT2D eigenvalue weighted by atomic mass is 9.82. The molecule has 0 amide bonds. The zero-order chi connectivity index (χ0) is 17.7. The average Bonchev–Trinajstić information content (AvgIpc) is 3.33. The lowest BCUT2D eigenvalue weighted by Crippen LogP contribution is -2.71. The standard InChI is InChI=1S/C21H38FN3/c1-4-5-20(6-7-20)15-23-13-18-12-19(14-23)25(18)16-21(22)8-10-24(11-9-21)17(2)3/h17-19H,4-16H2,1-3H3. The summed E-state index contributed by atoms with van der Waals surface area (Å²) in [6.07, 6.45) is 8.38. The molecule has 4 heterocycles. The minimum Gasteiger partial charge on any atom is -0.301 e. The molecule has 0 aromatic rings. The third kappa shape index (κ3) is 3.77. The first-order chi connectivity index (χ1) is 11.9. The van der Waals surface area contributed by atoms with Crippen LogP contribution in [0.2, 0.25) is 0 Å². The van der Waals surface area contributed by atoms with E-state index < -0.39 is 5.67 Å². The minimum absolute atomic E-state index is 0.555. The van der Waals surface area contributed by atoms with Crippen molar-refractivity contribution in [3.63, 3.8) is 0 Å². The third-order valence-corrected chi connectivity index (χ3v) is 7.61. The van der Waals surface area contributed by atoms with Gasteiger partial charge in [0, 0.05) is 57.4 Å². The molecule has 25 heavy (non-hydrogen) atoms. The number of alkyl halides is 1. The van der Waals surface area contributed by atoms with Gasteiger partial charge in [0.2, 0.25) is 0 Å². The van der Waals surface area contributed by atoms with E-state index in [-0.39, 0.29) is 0 Å². The highest BCUT2D eigenvalue weighted by atomic mass is 19.1. The highest BCUT2D eigenvalue weighted by molar-refractivity contribution is 5.06. The second-order valence-electron chi connectivity index (χ2n) is 9.94. The van der Waals surface area contributed by atoms with Gasteiger partial charge in [-0.05, 0) is 57.8 Å². The first kappa shape index (κ1) is 18.2. The van der Waals surface area contributed by atoms with Crippen LogP contribution in [0, 0.1) is 5.41 Å². The van der Waals surface area contributed by atoms with Crippen molar-refractivity contribution in [3.05, 3.63) is 0 Å². The van der Waals surface area contributed by atoms with Crippen LogP contribution in [-0.4, -0.2) is 77.8 Å². The Balaban J connectivity index is 1.26. The molecule has 2 atom stereocenters. The molecule has 1 aliphatic carbocycles. The molecular formula is C21H38FN3. The van der Waals surface area contributed by atoms with Crippen LogP contribution in [0.4, 0.5) is 4.39 Å². The predicted molar refractivity (Wildman–Crippen MR) is 102 cm³/mol. The Morgan fingerprint density at radius 1 is 1.00 bits per heavy atom. The molecule has 0 aromatic heterocycles. The number of rotatable bonds is 7. The number of piperidine rings is 2. The molecule has 2 bridgehead atoms. The first-order valence-corrected chi connectivity index (χ1v) is 10.8. The minimum atomic E-state index is -0.940. The molecule has 144 valence electrons. The Labute approximate surface area is 153 Å². The summed E-state index contributed by atoms with van der Waals surface area (Å²) in [7, 11) is 0. The fourth-order valence-corrected chi connectivity index (χ4v) is 5.76. The van der Waals surface area contributed by atoms with Gasteiger partial charge in [-0.25, -0.2) is 4.39 Å². The zero-order valence-electron chi connectivity index (χ0n) is 16.6. The monoisotopic (exact) mass is 351 g/mol. The lowest BCUT2D eigenvalue weighted by molar-refractivity contribution is -0.108. The Kier molecular flexibility index (Phi) is 4.92. The summed E-state index contributed by atoms with van der Waals surface area (Å²) in [4.78, 5) is 7.67. The molecule has 4 heteroatoms. The SMILES string of the molecule is CCCC1(CN2CC3CC(C2)N3CC2(F)CCN(C(C)C)CC2)CC1. The topological polar surface area (TPSA) is 9.72 Å². The molecule has 0 N–H and O–H groups in total. The first-order valence-electron chi connectivity index (χ1n) is 10.8. The number of likely N-dealkylation sites (tertiary alicyclic amines) is 1. The normalized spacial score (nSPS) is 34.9. The van der Waals surface area contributed by atoms with Crippen molar-refractivity contribution in [2.75, 3.05) is 39.3 Å². The van der Waals surface area contributed by atoms with E-state index in [0.29, 0.717) is 30.1 Å². The van der Waals surface area contributed by atoms with E-state index in [9.17, 15) is 0 Å². The summed E-state index contributed by atoms with van der Waals surface area (Å²) in [6.45, 7) is 13.0. The van der Waals surface area contributed by atoms with Crippen molar-refractivity contribution in [2.24, 2.45) is 5.41 Å². The van der Waals surface area contributed by atoms with Gasteiger partial charge in [0.1, 0.15) is 5.67 Å². The van der Waals surface area contributed by atoms with Crippen molar-refractivity contribution < 1.29 is 4.39 Å². The quantitative estimate of drug-likeness (QED) is 0.695. The van der Waals surface area contributed by atoms with Crippen LogP contribution in [-0.2, 0) is 0 Å². The maximum absolute atomic E-state index is 15.4. The highest BCUT2D eigenvalue weighted by Crippen LogP contribution is 2.51. The average molecular weight is 352 g/mol. The van der Waals surface area contributed by atoms with Crippen molar-refractivity contribution in [1.29, 1.82) is 0 Å². The summed E-state index contributed by atoms with van der Waals surface area (Å²) < 4.78 is 15.4. The number of piperazine rings is 1. The van der Waals surface area contributed by atoms with Crippen molar-refractivity contribution in [1.82, 2.24) is 14.7 Å². The summed E-state index contributed by atoms with van der Waals surface area (Å²) in [5.74, 6) is 0. The van der Waals surface area contributed by atoms with Gasteiger partial charge in [0.15, 0.2) is 0 Å². The molecule has 0 aromatic carbocycles. The van der Waals surface area contributed by atoms with E-state index in [2.05, 4.69) is 35.5 Å². The summed E-state index contributed by atoms with van der Waals surface area (Å²) in [5.41, 5.74) is -0.279. The summed E-state index contributed by atoms with van der Waals surface area (Å²) >= 11 is 0. The number of hydrogen-bond donors (Lipinski definition) is 0. The molecule has 3 nitrogen and oxygen atoms in total. The van der Waals surface area contributed by atoms with Gasteiger partial charge in [0.05, 0.1) is 0 Å². The Morgan fingerprint density at radius 3 is 2.16 bits per heavy atom. The second kappa shape index (κ2) is 6.76. The fourth-order valence-electron chi connectivity index (χ4n) is 5.76. The molecule has 0 radical (unpaired) electrons. The van der Waals surface area contributed by atoms with Crippen LogP contribution in [0.3, 0.4) is 0 Å². The van der Waals surface area contributed by atoms with Gasteiger partial charge in [-0.2, -0.15) is 0 Å². The maximum atomic E-state index is 15.4. The molecule has 4 saturated heterocycles. The number of nitrogens with zero attached hydrogens (tertiary/aromatic N) is 3. The van der Waals surface area contributed by atoms with Crippen molar-refractivity contribution in [3.8, 4) is 0 Å². The Hall–Kier alpha value is -0.190. The summed E-state index contributed by atoms with van der Waals surface area (Å²) in [6, 6.07) is 1.82. The molecule has 1 saturated carbocycles. The molecule has 5 fully saturated rings. The molecule has 5 rings (SSSR count). The smallest absolute Gasteiger partial charge is 0.126 e. The fraction of sp³-hybridized carbons (Fsp3) is 1.00. The summed E-state index contributed by atoms with van der Waals surface area (Å²) in [5, 5.41) is 0. The van der Waals surface area contributed by atoms with E-state index in [1.54, 1.807) is 0 Å². The second-order valence-corrected chi connectivity index (χ2v) is 9.94. The molecule has 2 unspecified atom stereocenters. The van der Waals surface area contributed by atoms with Crippen LogP contribution in [0.15, 0.2) is 0 Å². The molecular weight excluding hydrogens is 313 g/mol. The highest BCUT2D eigenvalue weighted by Gasteiger charge is 2.51. The van der Waals surface area contributed by atoms with Gasteiger partial charge in [-0.1, -0.05) is 13.3 Å². The predicted octanol–water partition coefficient (Wildman–Crippen LogP) is 3.54. The van der Waals surface area contributed by atoms with Crippen molar-refractivity contribution >= 4 is 0 Å². The maximum Gasteiger partial charge on any atom is 0.126 e. The van der Waals surface area contributed by atoms with E-state index in [1.807, 2.05) is 0 Å². The largest absolute Gasteiger partial charge is 0.301 e. The Morgan fingerprint density at radius 2 is 1.64 bits per heavy atom. The number of hydrogen-bond acceptors (Lipinski definition) is 3. The van der Waals surface area contributed by atoms with Crippen LogP contribution in [0.1, 0.15) is 65.7 Å². The van der Waals surface area contributed by atoms with E-state index in [0.717, 1.165) is 25.9 Å².